The van der Waals surface area contributed by atoms with Crippen LogP contribution in [-0.4, -0.2) is 54.4 Å². The number of rotatable bonds is 5. The van der Waals surface area contributed by atoms with Gasteiger partial charge in [0.2, 0.25) is 0 Å². The molecular formula is C23H27ClN6O2. The number of piperazine rings is 1. The summed E-state index contributed by atoms with van der Waals surface area (Å²) in [6, 6.07) is 9.26. The van der Waals surface area contributed by atoms with Crippen molar-refractivity contribution in [3.63, 3.8) is 0 Å². The van der Waals surface area contributed by atoms with E-state index in [1.54, 1.807) is 18.2 Å². The maximum atomic E-state index is 12.6. The van der Waals surface area contributed by atoms with Gasteiger partial charge in [0.15, 0.2) is 11.5 Å². The lowest BCUT2D eigenvalue weighted by molar-refractivity contribution is 0.0887. The van der Waals surface area contributed by atoms with Gasteiger partial charge >= 0.3 is 0 Å². The number of nitriles is 1. The Hall–Kier alpha value is -2.89. The Bertz CT molecular complexity index is 993. The van der Waals surface area contributed by atoms with E-state index in [1.165, 1.54) is 0 Å². The summed E-state index contributed by atoms with van der Waals surface area (Å²) in [5.74, 6) is 1.32. The molecule has 1 aromatic carbocycles. The molecule has 1 aromatic heterocycles. The number of nitrogens with one attached hydrogen (secondary N) is 2. The second kappa shape index (κ2) is 10.2. The second-order valence-electron chi connectivity index (χ2n) is 8.24. The smallest absolute Gasteiger partial charge is 0.272 e. The molecule has 2 aromatic rings. The van der Waals surface area contributed by atoms with Crippen molar-refractivity contribution in [1.29, 1.82) is 5.26 Å². The van der Waals surface area contributed by atoms with Crippen LogP contribution in [0.3, 0.4) is 0 Å². The quantitative estimate of drug-likeness (QED) is 0.715. The third-order valence-electron chi connectivity index (χ3n) is 6.08. The molecule has 9 heteroatoms. The van der Waals surface area contributed by atoms with Crippen molar-refractivity contribution in [2.45, 2.75) is 44.8 Å². The molecule has 0 bridgehead atoms. The zero-order chi connectivity index (χ0) is 22.5. The molecule has 1 saturated carbocycles. The zero-order valence-corrected chi connectivity index (χ0v) is 18.9. The van der Waals surface area contributed by atoms with Gasteiger partial charge in [-0.3, -0.25) is 4.79 Å². The highest BCUT2D eigenvalue weighted by molar-refractivity contribution is 6.32. The van der Waals surface area contributed by atoms with E-state index in [1.807, 2.05) is 13.0 Å². The van der Waals surface area contributed by atoms with Crippen LogP contribution in [0.2, 0.25) is 5.02 Å². The first-order chi connectivity index (χ1) is 15.5. The molecule has 1 amide bonds. The lowest BCUT2D eigenvalue weighted by Crippen LogP contribution is -2.44. The highest BCUT2D eigenvalue weighted by Gasteiger charge is 2.25. The monoisotopic (exact) mass is 454 g/mol. The van der Waals surface area contributed by atoms with E-state index in [9.17, 15) is 4.79 Å². The van der Waals surface area contributed by atoms with Crippen molar-refractivity contribution < 1.29 is 9.53 Å². The standard InChI is InChI=1S/C23H27ClN6O2/c1-15-20(8-2-16(14-25)22(15)24)32-18-5-3-17(4-6-18)27-23(31)19-7-9-21(29-28-19)30-12-10-26-11-13-30/h2,7-9,17-18,26H,3-6,10-13H2,1H3,(H,27,31). The molecule has 4 rings (SSSR count). The molecule has 1 aliphatic carbocycles. The van der Waals surface area contributed by atoms with Crippen molar-refractivity contribution in [2.24, 2.45) is 0 Å². The number of anilines is 1. The van der Waals surface area contributed by atoms with Gasteiger partial charge < -0.3 is 20.3 Å². The van der Waals surface area contributed by atoms with Gasteiger partial charge in [-0.1, -0.05) is 11.6 Å². The number of carbonyl (C=O) groups is 1. The van der Waals surface area contributed by atoms with Gasteiger partial charge in [-0.15, -0.1) is 10.2 Å². The molecule has 0 spiro atoms. The average Bonchev–Trinajstić information content (AvgIpc) is 2.84. The molecule has 0 unspecified atom stereocenters. The van der Waals surface area contributed by atoms with E-state index in [4.69, 9.17) is 21.6 Å². The Balaban J connectivity index is 1.27. The average molecular weight is 455 g/mol. The third kappa shape index (κ3) is 5.12. The first kappa shape index (κ1) is 22.3. The molecule has 168 valence electrons. The number of halogens is 1. The van der Waals surface area contributed by atoms with Crippen LogP contribution in [0.15, 0.2) is 24.3 Å². The Morgan fingerprint density at radius 2 is 1.94 bits per heavy atom. The van der Waals surface area contributed by atoms with Crippen LogP contribution in [0.5, 0.6) is 5.75 Å². The molecule has 2 fully saturated rings. The first-order valence-corrected chi connectivity index (χ1v) is 11.4. The van der Waals surface area contributed by atoms with Crippen LogP contribution in [0.4, 0.5) is 5.82 Å². The van der Waals surface area contributed by atoms with Crippen LogP contribution >= 0.6 is 11.6 Å². The number of benzene rings is 1. The number of aromatic nitrogens is 2. The van der Waals surface area contributed by atoms with Crippen LogP contribution in [0.1, 0.15) is 47.3 Å². The van der Waals surface area contributed by atoms with E-state index < -0.39 is 0 Å². The summed E-state index contributed by atoms with van der Waals surface area (Å²) in [5.41, 5.74) is 1.57. The molecule has 2 N–H and O–H groups in total. The van der Waals surface area contributed by atoms with E-state index in [2.05, 4.69) is 31.8 Å². The maximum absolute atomic E-state index is 12.6. The Kier molecular flexibility index (Phi) is 7.08. The minimum Gasteiger partial charge on any atom is -0.490 e. The topological polar surface area (TPSA) is 103 Å². The summed E-state index contributed by atoms with van der Waals surface area (Å²) in [6.07, 6.45) is 3.37. The lowest BCUT2D eigenvalue weighted by Gasteiger charge is -2.30. The van der Waals surface area contributed by atoms with Crippen LogP contribution in [0, 0.1) is 18.3 Å². The van der Waals surface area contributed by atoms with Crippen molar-refractivity contribution in [3.05, 3.63) is 46.1 Å². The highest BCUT2D eigenvalue weighted by Crippen LogP contribution is 2.31. The number of ether oxygens (including phenoxy) is 1. The van der Waals surface area contributed by atoms with Crippen LogP contribution in [-0.2, 0) is 0 Å². The summed E-state index contributed by atoms with van der Waals surface area (Å²) in [4.78, 5) is 14.8. The number of amides is 1. The second-order valence-corrected chi connectivity index (χ2v) is 8.62. The molecule has 2 heterocycles. The van der Waals surface area contributed by atoms with Gasteiger partial charge in [0.25, 0.3) is 5.91 Å². The molecule has 32 heavy (non-hydrogen) atoms. The maximum Gasteiger partial charge on any atom is 0.272 e. The molecule has 0 radical (unpaired) electrons. The number of carbonyl (C=O) groups excluding carboxylic acids is 1. The molecule has 1 saturated heterocycles. The predicted octanol–water partition coefficient (Wildman–Crippen LogP) is 2.84. The van der Waals surface area contributed by atoms with Crippen molar-refractivity contribution >= 4 is 23.3 Å². The summed E-state index contributed by atoms with van der Waals surface area (Å²) in [7, 11) is 0. The minimum absolute atomic E-state index is 0.0592. The SMILES string of the molecule is Cc1c(OC2CCC(NC(=O)c3ccc(N4CCNCC4)nn3)CC2)ccc(C#N)c1Cl. The van der Waals surface area contributed by atoms with Gasteiger partial charge in [0, 0.05) is 37.8 Å². The number of hydrogen-bond acceptors (Lipinski definition) is 7. The van der Waals surface area contributed by atoms with E-state index in [-0.39, 0.29) is 18.1 Å². The van der Waals surface area contributed by atoms with Crippen LogP contribution in [0.25, 0.3) is 0 Å². The lowest BCUT2D eigenvalue weighted by atomic mass is 9.92. The normalized spacial score (nSPS) is 21.0. The fourth-order valence-corrected chi connectivity index (χ4v) is 4.35. The minimum atomic E-state index is -0.191. The molecule has 2 aliphatic rings. The number of hydrogen-bond donors (Lipinski definition) is 2. The fraction of sp³-hybridized carbons (Fsp3) is 0.478. The van der Waals surface area contributed by atoms with Gasteiger partial charge in [-0.25, -0.2) is 0 Å². The summed E-state index contributed by atoms with van der Waals surface area (Å²) in [6.45, 7) is 5.49. The van der Waals surface area contributed by atoms with Crippen molar-refractivity contribution in [1.82, 2.24) is 20.8 Å². The van der Waals surface area contributed by atoms with Gasteiger partial charge in [-0.05, 0) is 56.9 Å². The molecule has 0 atom stereocenters. The number of nitrogens with zero attached hydrogens (tertiary/aromatic N) is 4. The third-order valence-corrected chi connectivity index (χ3v) is 6.57. The summed E-state index contributed by atoms with van der Waals surface area (Å²) >= 11 is 6.24. The largest absolute Gasteiger partial charge is 0.490 e. The van der Waals surface area contributed by atoms with Gasteiger partial charge in [0.1, 0.15) is 11.8 Å². The Morgan fingerprint density at radius 1 is 1.19 bits per heavy atom. The zero-order valence-electron chi connectivity index (χ0n) is 18.1. The Morgan fingerprint density at radius 3 is 2.59 bits per heavy atom. The van der Waals surface area contributed by atoms with E-state index in [0.717, 1.165) is 63.2 Å². The van der Waals surface area contributed by atoms with E-state index in [0.29, 0.717) is 22.0 Å². The van der Waals surface area contributed by atoms with E-state index >= 15 is 0 Å². The van der Waals surface area contributed by atoms with Crippen LogP contribution < -0.4 is 20.3 Å². The fourth-order valence-electron chi connectivity index (χ4n) is 4.15. The summed E-state index contributed by atoms with van der Waals surface area (Å²) < 4.78 is 6.14. The molecule has 8 nitrogen and oxygen atoms in total. The first-order valence-electron chi connectivity index (χ1n) is 11.0. The molecule has 1 aliphatic heterocycles. The van der Waals surface area contributed by atoms with Crippen molar-refractivity contribution in [2.75, 3.05) is 31.1 Å². The summed E-state index contributed by atoms with van der Waals surface area (Å²) in [5, 5.41) is 24.3. The van der Waals surface area contributed by atoms with Gasteiger partial charge in [0.05, 0.1) is 16.7 Å². The highest BCUT2D eigenvalue weighted by atomic mass is 35.5. The predicted molar refractivity (Wildman–Crippen MR) is 122 cm³/mol. The van der Waals surface area contributed by atoms with Crippen molar-refractivity contribution in [3.8, 4) is 11.8 Å². The Labute approximate surface area is 192 Å². The van der Waals surface area contributed by atoms with Gasteiger partial charge in [-0.2, -0.15) is 5.26 Å². The molecular weight excluding hydrogens is 428 g/mol.